The molecule has 0 aliphatic rings. The number of anilines is 1. The molecule has 29 heavy (non-hydrogen) atoms. The minimum absolute atomic E-state index is 0.112. The van der Waals surface area contributed by atoms with Gasteiger partial charge in [0.15, 0.2) is 0 Å². The molecule has 0 fully saturated rings. The third-order valence-electron chi connectivity index (χ3n) is 4.05. The van der Waals surface area contributed by atoms with Gasteiger partial charge in [-0.25, -0.2) is 9.18 Å². The van der Waals surface area contributed by atoms with Crippen LogP contribution in [-0.2, 0) is 13.1 Å². The number of amides is 2. The lowest BCUT2D eigenvalue weighted by Crippen LogP contribution is -2.34. The van der Waals surface area contributed by atoms with Crippen LogP contribution in [-0.4, -0.2) is 27.0 Å². The molecule has 7 heteroatoms. The molecule has 150 valence electrons. The fourth-order valence-corrected chi connectivity index (χ4v) is 2.77. The van der Waals surface area contributed by atoms with E-state index in [2.05, 4.69) is 15.3 Å². The molecule has 2 aromatic heterocycles. The first-order valence-electron chi connectivity index (χ1n) is 9.31. The summed E-state index contributed by atoms with van der Waals surface area (Å²) < 4.78 is 19.5. The molecule has 0 saturated carbocycles. The maximum atomic E-state index is 13.8. The number of carbonyl (C=O) groups excluding carboxylic acids is 1. The Hall–Kier alpha value is -3.48. The number of pyridine rings is 2. The smallest absolute Gasteiger partial charge is 0.322 e. The summed E-state index contributed by atoms with van der Waals surface area (Å²) in [6.45, 7) is 4.44. The Kier molecular flexibility index (Phi) is 6.73. The van der Waals surface area contributed by atoms with Crippen LogP contribution in [0.3, 0.4) is 0 Å². The van der Waals surface area contributed by atoms with Crippen LogP contribution in [0.5, 0.6) is 5.75 Å². The highest BCUT2D eigenvalue weighted by Crippen LogP contribution is 2.27. The van der Waals surface area contributed by atoms with Crippen LogP contribution >= 0.6 is 0 Å². The average Bonchev–Trinajstić information content (AvgIpc) is 2.71. The summed E-state index contributed by atoms with van der Waals surface area (Å²) in [6, 6.07) is 11.1. The molecular formula is C22H23FN4O2. The van der Waals surface area contributed by atoms with E-state index in [9.17, 15) is 9.18 Å². The zero-order chi connectivity index (χ0) is 20.6. The van der Waals surface area contributed by atoms with Crippen molar-refractivity contribution in [1.29, 1.82) is 0 Å². The van der Waals surface area contributed by atoms with Crippen molar-refractivity contribution in [1.82, 2.24) is 14.9 Å². The van der Waals surface area contributed by atoms with E-state index in [0.717, 1.165) is 11.1 Å². The minimum Gasteiger partial charge on any atom is -0.489 e. The fourth-order valence-electron chi connectivity index (χ4n) is 2.77. The number of carbonyl (C=O) groups is 1. The standard InChI is InChI=1S/C22H23FN4O2/c1-16(2)29-21-6-5-19(23)12-20(21)26-22(28)27(14-17-7-10-24-11-8-17)15-18-4-3-9-25-13-18/h3-13,16H,14-15H2,1-2H3,(H,26,28). The van der Waals surface area contributed by atoms with Crippen molar-refractivity contribution in [3.8, 4) is 5.75 Å². The number of hydrogen-bond donors (Lipinski definition) is 1. The molecule has 0 saturated heterocycles. The maximum absolute atomic E-state index is 13.8. The van der Waals surface area contributed by atoms with Gasteiger partial charge in [0.05, 0.1) is 11.8 Å². The maximum Gasteiger partial charge on any atom is 0.322 e. The second-order valence-electron chi connectivity index (χ2n) is 6.81. The lowest BCUT2D eigenvalue weighted by Gasteiger charge is -2.24. The van der Waals surface area contributed by atoms with Gasteiger partial charge < -0.3 is 15.0 Å². The summed E-state index contributed by atoms with van der Waals surface area (Å²) in [7, 11) is 0. The molecule has 3 aromatic rings. The zero-order valence-corrected chi connectivity index (χ0v) is 16.4. The number of ether oxygens (including phenoxy) is 1. The topological polar surface area (TPSA) is 67.3 Å². The number of nitrogens with one attached hydrogen (secondary N) is 1. The van der Waals surface area contributed by atoms with Crippen molar-refractivity contribution in [2.45, 2.75) is 33.0 Å². The Balaban J connectivity index is 1.83. The number of nitrogens with zero attached hydrogens (tertiary/aromatic N) is 3. The Morgan fingerprint density at radius 1 is 1.07 bits per heavy atom. The molecule has 1 aromatic carbocycles. The van der Waals surface area contributed by atoms with E-state index in [1.807, 2.05) is 38.1 Å². The lowest BCUT2D eigenvalue weighted by molar-refractivity contribution is 0.205. The minimum atomic E-state index is -0.454. The molecular weight excluding hydrogens is 371 g/mol. The van der Waals surface area contributed by atoms with Crippen LogP contribution in [0.15, 0.2) is 67.3 Å². The molecule has 0 atom stereocenters. The average molecular weight is 394 g/mol. The molecule has 2 heterocycles. The van der Waals surface area contributed by atoms with Crippen molar-refractivity contribution in [3.63, 3.8) is 0 Å². The Labute approximate surface area is 169 Å². The largest absolute Gasteiger partial charge is 0.489 e. The lowest BCUT2D eigenvalue weighted by atomic mass is 10.2. The van der Waals surface area contributed by atoms with Crippen molar-refractivity contribution in [2.24, 2.45) is 0 Å². The van der Waals surface area contributed by atoms with Gasteiger partial charge in [0.2, 0.25) is 0 Å². The Morgan fingerprint density at radius 3 is 2.52 bits per heavy atom. The van der Waals surface area contributed by atoms with E-state index in [-0.39, 0.29) is 17.8 Å². The molecule has 0 radical (unpaired) electrons. The van der Waals surface area contributed by atoms with E-state index in [1.54, 1.807) is 29.7 Å². The molecule has 0 spiro atoms. The number of aromatic nitrogens is 2. The first-order chi connectivity index (χ1) is 14.0. The zero-order valence-electron chi connectivity index (χ0n) is 16.4. The highest BCUT2D eigenvalue weighted by Gasteiger charge is 2.18. The van der Waals surface area contributed by atoms with Crippen molar-refractivity contribution in [2.75, 3.05) is 5.32 Å². The van der Waals surface area contributed by atoms with E-state index < -0.39 is 5.82 Å². The monoisotopic (exact) mass is 394 g/mol. The van der Waals surface area contributed by atoms with Crippen molar-refractivity contribution < 1.29 is 13.9 Å². The van der Waals surface area contributed by atoms with E-state index >= 15 is 0 Å². The van der Waals surface area contributed by atoms with Gasteiger partial charge in [-0.2, -0.15) is 0 Å². The van der Waals surface area contributed by atoms with Gasteiger partial charge in [-0.3, -0.25) is 9.97 Å². The molecule has 0 bridgehead atoms. The summed E-state index contributed by atoms with van der Waals surface area (Å²) in [6.07, 6.45) is 6.63. The van der Waals surface area contributed by atoms with Gasteiger partial charge in [0.1, 0.15) is 11.6 Å². The van der Waals surface area contributed by atoms with Crippen LogP contribution in [0.25, 0.3) is 0 Å². The number of hydrogen-bond acceptors (Lipinski definition) is 4. The van der Waals surface area contributed by atoms with E-state index in [4.69, 9.17) is 4.74 Å². The fraction of sp³-hybridized carbons (Fsp3) is 0.227. The number of urea groups is 1. The summed E-state index contributed by atoms with van der Waals surface area (Å²) in [5, 5.41) is 2.78. The second kappa shape index (κ2) is 9.64. The highest BCUT2D eigenvalue weighted by atomic mass is 19.1. The van der Waals surface area contributed by atoms with Crippen LogP contribution < -0.4 is 10.1 Å². The molecule has 6 nitrogen and oxygen atoms in total. The van der Waals surface area contributed by atoms with Gasteiger partial charge in [-0.05, 0) is 55.3 Å². The van der Waals surface area contributed by atoms with Gasteiger partial charge in [0, 0.05) is 43.9 Å². The van der Waals surface area contributed by atoms with Crippen molar-refractivity contribution >= 4 is 11.7 Å². The second-order valence-corrected chi connectivity index (χ2v) is 6.81. The third-order valence-corrected chi connectivity index (χ3v) is 4.05. The molecule has 0 unspecified atom stereocenters. The molecule has 2 amide bonds. The van der Waals surface area contributed by atoms with E-state index in [0.29, 0.717) is 18.8 Å². The number of rotatable bonds is 7. The Bertz CT molecular complexity index is 895. The van der Waals surface area contributed by atoms with E-state index in [1.165, 1.54) is 18.2 Å². The quantitative estimate of drug-likeness (QED) is 0.634. The molecule has 3 rings (SSSR count). The van der Waals surface area contributed by atoms with Gasteiger partial charge in [-0.1, -0.05) is 6.07 Å². The summed E-state index contributed by atoms with van der Waals surface area (Å²) in [5.74, 6) is -0.0376. The normalized spacial score (nSPS) is 10.6. The SMILES string of the molecule is CC(C)Oc1ccc(F)cc1NC(=O)N(Cc1ccncc1)Cc1cccnc1. The Morgan fingerprint density at radius 2 is 1.83 bits per heavy atom. The van der Waals surface area contributed by atoms with Gasteiger partial charge in [-0.15, -0.1) is 0 Å². The predicted molar refractivity (Wildman–Crippen MR) is 109 cm³/mol. The van der Waals surface area contributed by atoms with Gasteiger partial charge in [0.25, 0.3) is 0 Å². The third kappa shape index (κ3) is 6.00. The van der Waals surface area contributed by atoms with Crippen LogP contribution in [0, 0.1) is 5.82 Å². The van der Waals surface area contributed by atoms with Crippen LogP contribution in [0.1, 0.15) is 25.0 Å². The number of benzene rings is 1. The molecule has 0 aliphatic heterocycles. The van der Waals surface area contributed by atoms with Crippen LogP contribution in [0.2, 0.25) is 0 Å². The first kappa shape index (κ1) is 20.3. The highest BCUT2D eigenvalue weighted by molar-refractivity contribution is 5.91. The summed E-state index contributed by atoms with van der Waals surface area (Å²) in [5.41, 5.74) is 2.10. The first-order valence-corrected chi connectivity index (χ1v) is 9.31. The van der Waals surface area contributed by atoms with Crippen LogP contribution in [0.4, 0.5) is 14.9 Å². The van der Waals surface area contributed by atoms with Crippen molar-refractivity contribution in [3.05, 3.63) is 84.2 Å². The van der Waals surface area contributed by atoms with Gasteiger partial charge >= 0.3 is 6.03 Å². The molecule has 0 aliphatic carbocycles. The molecule has 1 N–H and O–H groups in total. The number of halogens is 1. The predicted octanol–water partition coefficient (Wildman–Crippen LogP) is 4.64. The summed E-state index contributed by atoms with van der Waals surface area (Å²) >= 11 is 0. The summed E-state index contributed by atoms with van der Waals surface area (Å²) in [4.78, 5) is 22.8.